The quantitative estimate of drug-likeness (QED) is 0.736. The Kier molecular flexibility index (Phi) is 4.38. The lowest BCUT2D eigenvalue weighted by atomic mass is 10.1. The van der Waals surface area contributed by atoms with Gasteiger partial charge in [0, 0.05) is 24.5 Å². The molecule has 3 rings (SSSR count). The highest BCUT2D eigenvalue weighted by atomic mass is 16.1. The molecule has 0 bridgehead atoms. The molecular formula is C20H23N3O. The van der Waals surface area contributed by atoms with E-state index in [1.165, 1.54) is 16.8 Å². The topological polar surface area (TPSA) is 37.6 Å². The van der Waals surface area contributed by atoms with Crippen molar-refractivity contribution in [1.29, 1.82) is 0 Å². The van der Waals surface area contributed by atoms with Crippen LogP contribution in [-0.2, 0) is 6.54 Å². The maximum Gasteiger partial charge on any atom is 0.258 e. The number of fused-ring (bicyclic) bond motifs is 1. The summed E-state index contributed by atoms with van der Waals surface area (Å²) >= 11 is 0. The lowest BCUT2D eigenvalue weighted by Crippen LogP contribution is -2.25. The van der Waals surface area contributed by atoms with Crippen molar-refractivity contribution < 1.29 is 0 Å². The van der Waals surface area contributed by atoms with Crippen molar-refractivity contribution in [2.24, 2.45) is 0 Å². The van der Waals surface area contributed by atoms with Crippen molar-refractivity contribution in [2.45, 2.75) is 34.2 Å². The summed E-state index contributed by atoms with van der Waals surface area (Å²) in [6.45, 7) is 9.81. The number of aryl methyl sites for hydroxylation is 3. The summed E-state index contributed by atoms with van der Waals surface area (Å²) in [6.07, 6.45) is 1.77. The molecule has 0 fully saturated rings. The van der Waals surface area contributed by atoms with Gasteiger partial charge in [0.15, 0.2) is 0 Å². The second kappa shape index (κ2) is 6.48. The molecule has 3 aromatic rings. The number of nitrogens with zero attached hydrogens (tertiary/aromatic N) is 3. The van der Waals surface area contributed by atoms with Gasteiger partial charge in [0.2, 0.25) is 0 Å². The number of hydrogen-bond acceptors (Lipinski definition) is 3. The first-order valence-corrected chi connectivity index (χ1v) is 8.29. The molecule has 1 aromatic carbocycles. The molecule has 0 amide bonds. The minimum atomic E-state index is -0.0321. The number of anilines is 1. The molecule has 0 radical (unpaired) electrons. The van der Waals surface area contributed by atoms with Gasteiger partial charge >= 0.3 is 0 Å². The summed E-state index contributed by atoms with van der Waals surface area (Å²) in [7, 11) is 0. The Balaban J connectivity index is 2.01. The summed E-state index contributed by atoms with van der Waals surface area (Å²) in [5, 5.41) is 0. The molecule has 0 atom stereocenters. The van der Waals surface area contributed by atoms with Crippen LogP contribution in [0.2, 0.25) is 0 Å². The third-order valence-electron chi connectivity index (χ3n) is 4.37. The van der Waals surface area contributed by atoms with Gasteiger partial charge in [-0.15, -0.1) is 0 Å². The zero-order valence-corrected chi connectivity index (χ0v) is 14.7. The van der Waals surface area contributed by atoms with Crippen molar-refractivity contribution in [3.8, 4) is 0 Å². The van der Waals surface area contributed by atoms with Gasteiger partial charge in [0.1, 0.15) is 5.65 Å². The lowest BCUT2D eigenvalue weighted by molar-refractivity contribution is 0.800. The Labute approximate surface area is 142 Å². The Morgan fingerprint density at radius 1 is 1.08 bits per heavy atom. The van der Waals surface area contributed by atoms with Gasteiger partial charge < -0.3 is 4.90 Å². The molecule has 2 aromatic heterocycles. The molecule has 0 aliphatic carbocycles. The average molecular weight is 321 g/mol. The summed E-state index contributed by atoms with van der Waals surface area (Å²) in [6, 6.07) is 11.9. The molecule has 0 spiro atoms. The van der Waals surface area contributed by atoms with Gasteiger partial charge in [-0.1, -0.05) is 23.8 Å². The number of rotatable bonds is 4. The van der Waals surface area contributed by atoms with Crippen molar-refractivity contribution in [3.05, 3.63) is 75.3 Å². The van der Waals surface area contributed by atoms with E-state index in [9.17, 15) is 4.79 Å². The number of hydrogen-bond donors (Lipinski definition) is 0. The zero-order chi connectivity index (χ0) is 17.3. The number of pyridine rings is 1. The highest BCUT2D eigenvalue weighted by Gasteiger charge is 2.11. The summed E-state index contributed by atoms with van der Waals surface area (Å²) in [5.74, 6) is 0. The van der Waals surface area contributed by atoms with E-state index in [0.29, 0.717) is 6.54 Å². The van der Waals surface area contributed by atoms with Gasteiger partial charge in [0.05, 0.1) is 12.2 Å². The van der Waals surface area contributed by atoms with Crippen LogP contribution in [0, 0.1) is 20.8 Å². The van der Waals surface area contributed by atoms with Crippen LogP contribution in [0.4, 0.5) is 5.69 Å². The Bertz CT molecular complexity index is 943. The standard InChI is InChI=1S/C20H23N3O/c1-5-22(18-9-8-14(2)11-16(18)4)13-17-12-19(24)23-10-6-7-15(3)20(23)21-17/h6-12H,5,13H2,1-4H3. The molecule has 0 aliphatic rings. The van der Waals surface area contributed by atoms with E-state index in [-0.39, 0.29) is 5.56 Å². The van der Waals surface area contributed by atoms with E-state index in [1.807, 2.05) is 19.1 Å². The Hall–Kier alpha value is -2.62. The van der Waals surface area contributed by atoms with Gasteiger partial charge in [0.25, 0.3) is 5.56 Å². The highest BCUT2D eigenvalue weighted by molar-refractivity contribution is 5.55. The second-order valence-electron chi connectivity index (χ2n) is 6.27. The van der Waals surface area contributed by atoms with Gasteiger partial charge in [-0.3, -0.25) is 9.20 Å². The van der Waals surface area contributed by atoms with Crippen molar-refractivity contribution in [1.82, 2.24) is 9.38 Å². The second-order valence-corrected chi connectivity index (χ2v) is 6.27. The van der Waals surface area contributed by atoms with E-state index in [4.69, 9.17) is 4.98 Å². The fourth-order valence-electron chi connectivity index (χ4n) is 3.11. The summed E-state index contributed by atoms with van der Waals surface area (Å²) in [5.41, 5.74) is 6.19. The molecular weight excluding hydrogens is 298 g/mol. The molecule has 24 heavy (non-hydrogen) atoms. The highest BCUT2D eigenvalue weighted by Crippen LogP contribution is 2.22. The minimum absolute atomic E-state index is 0.0321. The monoisotopic (exact) mass is 321 g/mol. The van der Waals surface area contributed by atoms with E-state index in [1.54, 1.807) is 16.7 Å². The van der Waals surface area contributed by atoms with Crippen LogP contribution in [0.1, 0.15) is 29.3 Å². The van der Waals surface area contributed by atoms with Crippen molar-refractivity contribution in [2.75, 3.05) is 11.4 Å². The first-order chi connectivity index (χ1) is 11.5. The lowest BCUT2D eigenvalue weighted by Gasteiger charge is -2.25. The molecule has 2 heterocycles. The molecule has 0 saturated carbocycles. The van der Waals surface area contributed by atoms with Gasteiger partial charge in [-0.05, 0) is 51.0 Å². The van der Waals surface area contributed by atoms with Crippen LogP contribution in [0.25, 0.3) is 5.65 Å². The third kappa shape index (κ3) is 3.04. The van der Waals surface area contributed by atoms with E-state index in [2.05, 4.69) is 43.9 Å². The molecule has 0 saturated heterocycles. The van der Waals surface area contributed by atoms with Crippen LogP contribution in [-0.4, -0.2) is 15.9 Å². The Morgan fingerprint density at radius 2 is 1.88 bits per heavy atom. The summed E-state index contributed by atoms with van der Waals surface area (Å²) < 4.78 is 1.60. The van der Waals surface area contributed by atoms with Crippen LogP contribution in [0.5, 0.6) is 0 Å². The van der Waals surface area contributed by atoms with Crippen LogP contribution >= 0.6 is 0 Å². The van der Waals surface area contributed by atoms with Crippen LogP contribution in [0.3, 0.4) is 0 Å². The third-order valence-corrected chi connectivity index (χ3v) is 4.37. The largest absolute Gasteiger partial charge is 0.366 e. The van der Waals surface area contributed by atoms with Crippen molar-refractivity contribution in [3.63, 3.8) is 0 Å². The minimum Gasteiger partial charge on any atom is -0.366 e. The van der Waals surface area contributed by atoms with E-state index < -0.39 is 0 Å². The van der Waals surface area contributed by atoms with E-state index in [0.717, 1.165) is 23.4 Å². The number of aromatic nitrogens is 2. The molecule has 0 unspecified atom stereocenters. The maximum absolute atomic E-state index is 12.4. The van der Waals surface area contributed by atoms with Gasteiger partial charge in [-0.25, -0.2) is 4.98 Å². The molecule has 124 valence electrons. The molecule has 4 nitrogen and oxygen atoms in total. The van der Waals surface area contributed by atoms with Crippen LogP contribution in [0.15, 0.2) is 47.4 Å². The smallest absolute Gasteiger partial charge is 0.258 e. The van der Waals surface area contributed by atoms with Gasteiger partial charge in [-0.2, -0.15) is 0 Å². The van der Waals surface area contributed by atoms with E-state index >= 15 is 0 Å². The maximum atomic E-state index is 12.4. The average Bonchev–Trinajstić information content (AvgIpc) is 2.54. The summed E-state index contributed by atoms with van der Waals surface area (Å²) in [4.78, 5) is 19.3. The molecule has 0 N–H and O–H groups in total. The first-order valence-electron chi connectivity index (χ1n) is 8.29. The first kappa shape index (κ1) is 16.2. The molecule has 0 aliphatic heterocycles. The zero-order valence-electron chi connectivity index (χ0n) is 14.7. The number of benzene rings is 1. The fourth-order valence-corrected chi connectivity index (χ4v) is 3.11. The predicted molar refractivity (Wildman–Crippen MR) is 98.8 cm³/mol. The predicted octanol–water partition coefficient (Wildman–Crippen LogP) is 3.65. The Morgan fingerprint density at radius 3 is 2.58 bits per heavy atom. The fraction of sp³-hybridized carbons (Fsp3) is 0.300. The molecule has 4 heteroatoms. The van der Waals surface area contributed by atoms with Crippen molar-refractivity contribution >= 4 is 11.3 Å². The van der Waals surface area contributed by atoms with Crippen LogP contribution < -0.4 is 10.5 Å². The normalized spacial score (nSPS) is 11.0. The SMILES string of the molecule is CCN(Cc1cc(=O)n2cccc(C)c2n1)c1ccc(C)cc1C.